The molecule has 1 aliphatic rings. The van der Waals surface area contributed by atoms with Crippen LogP contribution in [0.2, 0.25) is 0 Å². The standard InChI is InChI=1S/C9H14O2/c1-7(8(2)10)5-9-3-4-11-6-9/h5,9H,3-4,6H2,1-2H3/b7-5+. The molecule has 0 aromatic heterocycles. The fourth-order valence-corrected chi connectivity index (χ4v) is 1.16. The van der Waals surface area contributed by atoms with Crippen LogP contribution in [0.4, 0.5) is 0 Å². The molecule has 62 valence electrons. The van der Waals surface area contributed by atoms with Crippen LogP contribution >= 0.6 is 0 Å². The van der Waals surface area contributed by atoms with Crippen LogP contribution < -0.4 is 0 Å². The van der Waals surface area contributed by atoms with E-state index < -0.39 is 0 Å². The van der Waals surface area contributed by atoms with Crippen molar-refractivity contribution in [1.82, 2.24) is 0 Å². The minimum absolute atomic E-state index is 0.164. The molecule has 0 radical (unpaired) electrons. The van der Waals surface area contributed by atoms with Gasteiger partial charge in [-0.05, 0) is 25.8 Å². The average Bonchev–Trinajstić information content (AvgIpc) is 2.39. The number of ether oxygens (including phenoxy) is 1. The summed E-state index contributed by atoms with van der Waals surface area (Å²) in [6, 6.07) is 0. The second kappa shape index (κ2) is 3.67. The number of carbonyl (C=O) groups is 1. The summed E-state index contributed by atoms with van der Waals surface area (Å²) in [6.07, 6.45) is 3.08. The number of ketones is 1. The molecule has 0 bridgehead atoms. The summed E-state index contributed by atoms with van der Waals surface area (Å²) in [7, 11) is 0. The van der Waals surface area contributed by atoms with Crippen LogP contribution in [0.25, 0.3) is 0 Å². The van der Waals surface area contributed by atoms with Gasteiger partial charge in [-0.15, -0.1) is 0 Å². The SMILES string of the molecule is CC(=O)/C(C)=C/C1CCOC1. The topological polar surface area (TPSA) is 26.3 Å². The average molecular weight is 154 g/mol. The highest BCUT2D eigenvalue weighted by molar-refractivity contribution is 5.92. The fourth-order valence-electron chi connectivity index (χ4n) is 1.16. The first-order valence-electron chi connectivity index (χ1n) is 3.97. The maximum Gasteiger partial charge on any atom is 0.155 e. The monoisotopic (exact) mass is 154 g/mol. The highest BCUT2D eigenvalue weighted by atomic mass is 16.5. The summed E-state index contributed by atoms with van der Waals surface area (Å²) in [6.45, 7) is 5.08. The molecule has 11 heavy (non-hydrogen) atoms. The molecule has 1 atom stereocenters. The Hall–Kier alpha value is -0.630. The van der Waals surface area contributed by atoms with Gasteiger partial charge in [0.25, 0.3) is 0 Å². The predicted molar refractivity (Wildman–Crippen MR) is 43.4 cm³/mol. The lowest BCUT2D eigenvalue weighted by Gasteiger charge is -2.00. The van der Waals surface area contributed by atoms with Crippen LogP contribution in [0.1, 0.15) is 20.3 Å². The summed E-state index contributed by atoms with van der Waals surface area (Å²) >= 11 is 0. The van der Waals surface area contributed by atoms with Crippen LogP contribution in [-0.4, -0.2) is 19.0 Å². The van der Waals surface area contributed by atoms with Gasteiger partial charge in [0.15, 0.2) is 5.78 Å². The summed E-state index contributed by atoms with van der Waals surface area (Å²) in [4.78, 5) is 10.8. The van der Waals surface area contributed by atoms with Crippen molar-refractivity contribution in [3.63, 3.8) is 0 Å². The van der Waals surface area contributed by atoms with Gasteiger partial charge in [0, 0.05) is 12.5 Å². The Bertz CT molecular complexity index is 176. The number of Topliss-reactive ketones (excluding diaryl/α,β-unsaturated/α-hetero) is 1. The molecule has 2 nitrogen and oxygen atoms in total. The summed E-state index contributed by atoms with van der Waals surface area (Å²) in [5.41, 5.74) is 0.862. The highest BCUT2D eigenvalue weighted by Gasteiger charge is 2.13. The van der Waals surface area contributed by atoms with Crippen LogP contribution in [0.5, 0.6) is 0 Å². The molecule has 1 heterocycles. The van der Waals surface area contributed by atoms with E-state index in [0.29, 0.717) is 5.92 Å². The lowest BCUT2D eigenvalue weighted by atomic mass is 10.0. The second-order valence-electron chi connectivity index (χ2n) is 3.03. The number of hydrogen-bond acceptors (Lipinski definition) is 2. The molecule has 0 aromatic carbocycles. The molecule has 1 fully saturated rings. The molecule has 0 aliphatic carbocycles. The van der Waals surface area contributed by atoms with Crippen LogP contribution in [-0.2, 0) is 9.53 Å². The Morgan fingerprint density at radius 2 is 2.27 bits per heavy atom. The fraction of sp³-hybridized carbons (Fsp3) is 0.667. The quantitative estimate of drug-likeness (QED) is 0.564. The predicted octanol–water partition coefficient (Wildman–Crippen LogP) is 1.56. The first-order valence-corrected chi connectivity index (χ1v) is 3.97. The van der Waals surface area contributed by atoms with Gasteiger partial charge in [-0.2, -0.15) is 0 Å². The largest absolute Gasteiger partial charge is 0.381 e. The van der Waals surface area contributed by atoms with Gasteiger partial charge >= 0.3 is 0 Å². The second-order valence-corrected chi connectivity index (χ2v) is 3.03. The number of carbonyl (C=O) groups excluding carboxylic acids is 1. The van der Waals surface area contributed by atoms with Gasteiger partial charge in [-0.3, -0.25) is 4.79 Å². The Morgan fingerprint density at radius 1 is 1.55 bits per heavy atom. The molecule has 1 rings (SSSR count). The van der Waals surface area contributed by atoms with Gasteiger partial charge in [0.2, 0.25) is 0 Å². The van der Waals surface area contributed by atoms with Crippen molar-refractivity contribution >= 4 is 5.78 Å². The Labute approximate surface area is 67.2 Å². The van der Waals surface area contributed by atoms with E-state index in [1.165, 1.54) is 0 Å². The van der Waals surface area contributed by atoms with Gasteiger partial charge in [0.1, 0.15) is 0 Å². The Kier molecular flexibility index (Phi) is 2.83. The highest BCUT2D eigenvalue weighted by Crippen LogP contribution is 2.15. The Morgan fingerprint density at radius 3 is 2.73 bits per heavy atom. The van der Waals surface area contributed by atoms with Crippen molar-refractivity contribution in [1.29, 1.82) is 0 Å². The van der Waals surface area contributed by atoms with Crippen LogP contribution in [0, 0.1) is 5.92 Å². The number of hydrogen-bond donors (Lipinski definition) is 0. The summed E-state index contributed by atoms with van der Waals surface area (Å²) < 4.78 is 5.18. The molecule has 1 aliphatic heterocycles. The minimum Gasteiger partial charge on any atom is -0.381 e. The van der Waals surface area contributed by atoms with E-state index >= 15 is 0 Å². The van der Waals surface area contributed by atoms with Crippen molar-refractivity contribution < 1.29 is 9.53 Å². The zero-order valence-corrected chi connectivity index (χ0v) is 7.09. The molecule has 0 saturated carbocycles. The molecule has 1 saturated heterocycles. The minimum atomic E-state index is 0.164. The van der Waals surface area contributed by atoms with Crippen molar-refractivity contribution in [2.24, 2.45) is 5.92 Å². The van der Waals surface area contributed by atoms with Gasteiger partial charge in [-0.1, -0.05) is 6.08 Å². The molecule has 0 amide bonds. The van der Waals surface area contributed by atoms with E-state index in [0.717, 1.165) is 25.2 Å². The lowest BCUT2D eigenvalue weighted by molar-refractivity contribution is -0.113. The molecular formula is C9H14O2. The molecule has 0 aromatic rings. The Balaban J connectivity index is 2.49. The van der Waals surface area contributed by atoms with Gasteiger partial charge in [-0.25, -0.2) is 0 Å². The van der Waals surface area contributed by atoms with Gasteiger partial charge < -0.3 is 4.74 Å². The molecular weight excluding hydrogens is 140 g/mol. The van der Waals surface area contributed by atoms with Crippen molar-refractivity contribution in [3.8, 4) is 0 Å². The zero-order valence-electron chi connectivity index (χ0n) is 7.09. The summed E-state index contributed by atoms with van der Waals surface area (Å²) in [5.74, 6) is 0.635. The van der Waals surface area contributed by atoms with E-state index in [1.807, 2.05) is 13.0 Å². The third-order valence-corrected chi connectivity index (χ3v) is 2.01. The van der Waals surface area contributed by atoms with E-state index in [4.69, 9.17) is 4.74 Å². The van der Waals surface area contributed by atoms with E-state index in [1.54, 1.807) is 6.92 Å². The summed E-state index contributed by atoms with van der Waals surface area (Å²) in [5, 5.41) is 0. The van der Waals surface area contributed by atoms with E-state index in [9.17, 15) is 4.79 Å². The normalized spacial score (nSPS) is 25.6. The number of allylic oxidation sites excluding steroid dienone is 1. The van der Waals surface area contributed by atoms with Crippen LogP contribution in [0.15, 0.2) is 11.6 Å². The first kappa shape index (κ1) is 8.47. The maximum atomic E-state index is 10.8. The van der Waals surface area contributed by atoms with E-state index in [-0.39, 0.29) is 5.78 Å². The third kappa shape index (κ3) is 2.46. The smallest absolute Gasteiger partial charge is 0.155 e. The molecule has 0 N–H and O–H groups in total. The number of rotatable bonds is 2. The van der Waals surface area contributed by atoms with Crippen LogP contribution in [0.3, 0.4) is 0 Å². The molecule has 1 unspecified atom stereocenters. The van der Waals surface area contributed by atoms with Crippen molar-refractivity contribution in [3.05, 3.63) is 11.6 Å². The van der Waals surface area contributed by atoms with Crippen molar-refractivity contribution in [2.75, 3.05) is 13.2 Å². The third-order valence-electron chi connectivity index (χ3n) is 2.01. The lowest BCUT2D eigenvalue weighted by Crippen LogP contribution is -1.99. The molecule has 2 heteroatoms. The first-order chi connectivity index (χ1) is 5.20. The molecule has 0 spiro atoms. The van der Waals surface area contributed by atoms with E-state index in [2.05, 4.69) is 0 Å². The zero-order chi connectivity index (χ0) is 8.27. The van der Waals surface area contributed by atoms with Gasteiger partial charge in [0.05, 0.1) is 6.61 Å². The maximum absolute atomic E-state index is 10.8. The van der Waals surface area contributed by atoms with Crippen molar-refractivity contribution in [2.45, 2.75) is 20.3 Å².